The molecule has 7 heteroatoms. The summed E-state index contributed by atoms with van der Waals surface area (Å²) in [6, 6.07) is 5.55. The van der Waals surface area contributed by atoms with Crippen molar-refractivity contribution in [2.75, 3.05) is 19.6 Å². The van der Waals surface area contributed by atoms with Gasteiger partial charge in [0.1, 0.15) is 6.04 Å². The Balaban J connectivity index is 1.33. The Bertz CT molecular complexity index is 881. The molecule has 3 heterocycles. The van der Waals surface area contributed by atoms with Crippen LogP contribution in [-0.2, 0) is 22.7 Å². The molecule has 1 aromatic carbocycles. The van der Waals surface area contributed by atoms with E-state index < -0.39 is 6.04 Å². The molecular weight excluding hydrogens is 368 g/mol. The van der Waals surface area contributed by atoms with Gasteiger partial charge in [-0.15, -0.1) is 0 Å². The van der Waals surface area contributed by atoms with Crippen molar-refractivity contribution >= 4 is 17.7 Å². The molecule has 0 radical (unpaired) electrons. The lowest BCUT2D eigenvalue weighted by Gasteiger charge is -2.46. The number of amides is 3. The monoisotopic (exact) mass is 396 g/mol. The highest BCUT2D eigenvalue weighted by Gasteiger charge is 2.46. The molecule has 3 fully saturated rings. The number of rotatable bonds is 4. The van der Waals surface area contributed by atoms with Crippen LogP contribution in [0.15, 0.2) is 18.2 Å². The van der Waals surface area contributed by atoms with Crippen LogP contribution in [0, 0.1) is 5.92 Å². The molecule has 3 aliphatic heterocycles. The Hall–Kier alpha value is -2.25. The summed E-state index contributed by atoms with van der Waals surface area (Å²) in [6.45, 7) is 6.77. The number of piperidine rings is 1. The van der Waals surface area contributed by atoms with Crippen molar-refractivity contribution in [3.05, 3.63) is 34.9 Å². The average molecular weight is 396 g/mol. The number of hydrogen-bond donors (Lipinski definition) is 2. The van der Waals surface area contributed by atoms with E-state index in [1.54, 1.807) is 4.90 Å². The number of piperazine rings is 1. The highest BCUT2D eigenvalue weighted by atomic mass is 16.2. The van der Waals surface area contributed by atoms with Gasteiger partial charge in [-0.1, -0.05) is 12.1 Å². The maximum Gasteiger partial charge on any atom is 0.255 e. The van der Waals surface area contributed by atoms with Crippen LogP contribution in [0.1, 0.15) is 54.1 Å². The molecule has 2 unspecified atom stereocenters. The molecule has 2 atom stereocenters. The van der Waals surface area contributed by atoms with Crippen LogP contribution in [0.2, 0.25) is 0 Å². The van der Waals surface area contributed by atoms with E-state index in [2.05, 4.69) is 34.6 Å². The van der Waals surface area contributed by atoms with Gasteiger partial charge < -0.3 is 10.2 Å². The largest absolute Gasteiger partial charge is 0.322 e. The van der Waals surface area contributed by atoms with E-state index in [1.165, 1.54) is 18.4 Å². The van der Waals surface area contributed by atoms with Crippen molar-refractivity contribution < 1.29 is 14.4 Å². The smallest absolute Gasteiger partial charge is 0.255 e. The Kier molecular flexibility index (Phi) is 4.47. The number of imide groups is 1. The molecule has 7 nitrogen and oxygen atoms in total. The van der Waals surface area contributed by atoms with Crippen LogP contribution in [0.3, 0.4) is 0 Å². The fourth-order valence-corrected chi connectivity index (χ4v) is 5.24. The van der Waals surface area contributed by atoms with Gasteiger partial charge in [-0.2, -0.15) is 0 Å². The summed E-state index contributed by atoms with van der Waals surface area (Å²) in [7, 11) is 0. The molecule has 0 bridgehead atoms. The standard InChI is InChI=1S/C22H28N4O3/c1-22(16-3-4-16)13-23-8-9-25(22)11-14-2-5-17-15(10-14)12-26(21(17)29)18-6-7-19(27)24-20(18)28/h2,5,10,16,18,23H,3-4,6-9,11-13H2,1H3,(H,24,27,28). The van der Waals surface area contributed by atoms with Crippen LogP contribution in [0.25, 0.3) is 0 Å². The maximum absolute atomic E-state index is 12.9. The van der Waals surface area contributed by atoms with Gasteiger partial charge in [0.2, 0.25) is 11.8 Å². The number of fused-ring (bicyclic) bond motifs is 1. The summed E-state index contributed by atoms with van der Waals surface area (Å²) >= 11 is 0. The van der Waals surface area contributed by atoms with Crippen molar-refractivity contribution in [2.24, 2.45) is 5.92 Å². The first-order valence-corrected chi connectivity index (χ1v) is 10.7. The first kappa shape index (κ1) is 18.8. The zero-order valence-electron chi connectivity index (χ0n) is 16.9. The van der Waals surface area contributed by atoms with Crippen molar-refractivity contribution in [2.45, 2.75) is 57.3 Å². The summed E-state index contributed by atoms with van der Waals surface area (Å²) in [5, 5.41) is 5.91. The van der Waals surface area contributed by atoms with E-state index in [-0.39, 0.29) is 29.7 Å². The molecule has 1 aliphatic carbocycles. The number of hydrogen-bond acceptors (Lipinski definition) is 5. The molecule has 3 amide bonds. The highest BCUT2D eigenvalue weighted by Crippen LogP contribution is 2.44. The molecule has 2 saturated heterocycles. The SMILES string of the molecule is CC1(C2CC2)CNCCN1Cc1ccc2c(c1)CN(C1CCC(=O)NC1=O)C2=O. The topological polar surface area (TPSA) is 81.8 Å². The fraction of sp³-hybridized carbons (Fsp3) is 0.591. The minimum Gasteiger partial charge on any atom is -0.322 e. The Labute approximate surface area is 170 Å². The molecular formula is C22H28N4O3. The number of carbonyl (C=O) groups excluding carboxylic acids is 3. The maximum atomic E-state index is 12.9. The Morgan fingerprint density at radius 1 is 1.17 bits per heavy atom. The molecule has 2 N–H and O–H groups in total. The predicted molar refractivity (Wildman–Crippen MR) is 107 cm³/mol. The number of nitrogens with one attached hydrogen (secondary N) is 2. The summed E-state index contributed by atoms with van der Waals surface area (Å²) < 4.78 is 0. The van der Waals surface area contributed by atoms with Gasteiger partial charge in [-0.05, 0) is 49.3 Å². The molecule has 154 valence electrons. The lowest BCUT2D eigenvalue weighted by Crippen LogP contribution is -2.60. The van der Waals surface area contributed by atoms with Crippen molar-refractivity contribution in [3.63, 3.8) is 0 Å². The molecule has 0 aromatic heterocycles. The van der Waals surface area contributed by atoms with E-state index in [0.717, 1.165) is 37.7 Å². The summed E-state index contributed by atoms with van der Waals surface area (Å²) in [5.41, 5.74) is 3.09. The van der Waals surface area contributed by atoms with Gasteiger partial charge in [-0.25, -0.2) is 0 Å². The van der Waals surface area contributed by atoms with Crippen molar-refractivity contribution in [1.29, 1.82) is 0 Å². The molecule has 1 aromatic rings. The third kappa shape index (κ3) is 3.26. The molecule has 1 saturated carbocycles. The lowest BCUT2D eigenvalue weighted by atomic mass is 9.90. The molecule has 29 heavy (non-hydrogen) atoms. The normalized spacial score (nSPS) is 30.4. The quantitative estimate of drug-likeness (QED) is 0.743. The van der Waals surface area contributed by atoms with E-state index in [1.807, 2.05) is 6.07 Å². The van der Waals surface area contributed by atoms with Crippen LogP contribution in [-0.4, -0.2) is 58.7 Å². The highest BCUT2D eigenvalue weighted by molar-refractivity contribution is 6.05. The first-order valence-electron chi connectivity index (χ1n) is 10.7. The van der Waals surface area contributed by atoms with Gasteiger partial charge in [0.15, 0.2) is 0 Å². The minimum absolute atomic E-state index is 0.106. The number of benzene rings is 1. The van der Waals surface area contributed by atoms with Gasteiger partial charge in [-0.3, -0.25) is 24.6 Å². The van der Waals surface area contributed by atoms with Gasteiger partial charge in [0, 0.05) is 50.2 Å². The number of nitrogens with zero attached hydrogens (tertiary/aromatic N) is 2. The Morgan fingerprint density at radius 3 is 2.76 bits per heavy atom. The second-order valence-electron chi connectivity index (χ2n) is 9.12. The van der Waals surface area contributed by atoms with Gasteiger partial charge >= 0.3 is 0 Å². The molecule has 5 rings (SSSR count). The van der Waals surface area contributed by atoms with E-state index in [9.17, 15) is 14.4 Å². The first-order chi connectivity index (χ1) is 14.0. The van der Waals surface area contributed by atoms with Crippen LogP contribution in [0.4, 0.5) is 0 Å². The van der Waals surface area contributed by atoms with E-state index >= 15 is 0 Å². The van der Waals surface area contributed by atoms with Gasteiger partial charge in [0.05, 0.1) is 0 Å². The van der Waals surface area contributed by atoms with E-state index in [0.29, 0.717) is 18.5 Å². The van der Waals surface area contributed by atoms with E-state index in [4.69, 9.17) is 0 Å². The minimum atomic E-state index is -0.553. The number of carbonyl (C=O) groups is 3. The lowest BCUT2D eigenvalue weighted by molar-refractivity contribution is -0.136. The van der Waals surface area contributed by atoms with Crippen LogP contribution < -0.4 is 10.6 Å². The van der Waals surface area contributed by atoms with Crippen LogP contribution in [0.5, 0.6) is 0 Å². The van der Waals surface area contributed by atoms with Gasteiger partial charge in [0.25, 0.3) is 5.91 Å². The third-order valence-electron chi connectivity index (χ3n) is 7.18. The van der Waals surface area contributed by atoms with Crippen molar-refractivity contribution in [3.8, 4) is 0 Å². The zero-order valence-corrected chi connectivity index (χ0v) is 16.9. The zero-order chi connectivity index (χ0) is 20.2. The summed E-state index contributed by atoms with van der Waals surface area (Å²) in [4.78, 5) is 40.7. The summed E-state index contributed by atoms with van der Waals surface area (Å²) in [6.07, 6.45) is 3.31. The molecule has 0 spiro atoms. The summed E-state index contributed by atoms with van der Waals surface area (Å²) in [5.74, 6) is 0.0523. The Morgan fingerprint density at radius 2 is 2.00 bits per heavy atom. The average Bonchev–Trinajstić information content (AvgIpc) is 3.50. The fourth-order valence-electron chi connectivity index (χ4n) is 5.24. The second-order valence-corrected chi connectivity index (χ2v) is 9.12. The predicted octanol–water partition coefficient (Wildman–Crippen LogP) is 1.02. The second kappa shape index (κ2) is 6.92. The van der Waals surface area contributed by atoms with Crippen molar-refractivity contribution in [1.82, 2.24) is 20.4 Å². The molecule has 4 aliphatic rings. The third-order valence-corrected chi connectivity index (χ3v) is 7.18. The van der Waals surface area contributed by atoms with Crippen LogP contribution >= 0.6 is 0 Å².